The molecule has 0 N–H and O–H groups in total. The smallest absolute Gasteiger partial charge is 0.254 e. The van der Waals surface area contributed by atoms with Gasteiger partial charge in [-0.2, -0.15) is 11.3 Å². The number of carbonyl (C=O) groups is 2. The third-order valence-corrected chi connectivity index (χ3v) is 5.31. The molecule has 0 saturated carbocycles. The van der Waals surface area contributed by atoms with Crippen molar-refractivity contribution in [2.24, 2.45) is 5.92 Å². The Labute approximate surface area is 141 Å². The first-order valence-corrected chi connectivity index (χ1v) is 9.24. The van der Waals surface area contributed by atoms with E-state index >= 15 is 0 Å². The van der Waals surface area contributed by atoms with E-state index in [0.717, 1.165) is 18.4 Å². The van der Waals surface area contributed by atoms with Crippen LogP contribution in [0, 0.1) is 5.92 Å². The van der Waals surface area contributed by atoms with Gasteiger partial charge in [0.2, 0.25) is 5.91 Å². The van der Waals surface area contributed by atoms with Gasteiger partial charge < -0.3 is 14.5 Å². The summed E-state index contributed by atoms with van der Waals surface area (Å²) < 4.78 is 5.70. The number of morpholine rings is 1. The van der Waals surface area contributed by atoms with Crippen molar-refractivity contribution in [1.82, 2.24) is 9.80 Å². The van der Waals surface area contributed by atoms with Gasteiger partial charge in [0.15, 0.2) is 0 Å². The quantitative estimate of drug-likeness (QED) is 0.832. The fourth-order valence-corrected chi connectivity index (χ4v) is 4.14. The van der Waals surface area contributed by atoms with Crippen molar-refractivity contribution in [3.63, 3.8) is 0 Å². The van der Waals surface area contributed by atoms with Gasteiger partial charge in [0, 0.05) is 37.5 Å². The minimum absolute atomic E-state index is 0.0408. The van der Waals surface area contributed by atoms with E-state index in [4.69, 9.17) is 4.74 Å². The van der Waals surface area contributed by atoms with Gasteiger partial charge in [-0.05, 0) is 38.1 Å². The van der Waals surface area contributed by atoms with Crippen molar-refractivity contribution >= 4 is 23.2 Å². The Morgan fingerprint density at radius 1 is 1.13 bits per heavy atom. The van der Waals surface area contributed by atoms with Crippen molar-refractivity contribution < 1.29 is 14.3 Å². The largest absolute Gasteiger partial charge is 0.372 e. The van der Waals surface area contributed by atoms with Crippen molar-refractivity contribution in [2.75, 3.05) is 26.2 Å². The third-order valence-electron chi connectivity index (χ3n) is 4.63. The van der Waals surface area contributed by atoms with Gasteiger partial charge in [-0.25, -0.2) is 0 Å². The Kier molecular flexibility index (Phi) is 5.02. The highest BCUT2D eigenvalue weighted by molar-refractivity contribution is 7.08. The first-order chi connectivity index (χ1) is 11.0. The molecule has 0 aliphatic carbocycles. The number of thiophene rings is 1. The predicted molar refractivity (Wildman–Crippen MR) is 89.5 cm³/mol. The number of nitrogens with zero attached hydrogens (tertiary/aromatic N) is 2. The Morgan fingerprint density at radius 2 is 1.78 bits per heavy atom. The molecule has 126 valence electrons. The predicted octanol–water partition coefficient (Wildman–Crippen LogP) is 2.24. The molecular weight excluding hydrogens is 312 g/mol. The number of carbonyl (C=O) groups excluding carboxylic acids is 2. The zero-order valence-corrected chi connectivity index (χ0v) is 14.6. The minimum atomic E-state index is 0.0408. The number of hydrogen-bond acceptors (Lipinski definition) is 4. The molecule has 0 unspecified atom stereocenters. The Bertz CT molecular complexity index is 542. The number of piperidine rings is 1. The second-order valence-electron chi connectivity index (χ2n) is 6.58. The number of ether oxygens (including phenoxy) is 1. The van der Waals surface area contributed by atoms with Crippen LogP contribution in [0.5, 0.6) is 0 Å². The lowest BCUT2D eigenvalue weighted by molar-refractivity contribution is -0.148. The first-order valence-electron chi connectivity index (χ1n) is 8.30. The van der Waals surface area contributed by atoms with Gasteiger partial charge >= 0.3 is 0 Å². The molecular formula is C17H24N2O3S. The molecule has 2 fully saturated rings. The van der Waals surface area contributed by atoms with E-state index < -0.39 is 0 Å². The SMILES string of the molecule is C[C@H]1CN(C(=O)C2CCN(C(=O)c3ccsc3)CC2)C[C@H](C)O1. The monoisotopic (exact) mass is 336 g/mol. The summed E-state index contributed by atoms with van der Waals surface area (Å²) in [6.07, 6.45) is 1.72. The minimum Gasteiger partial charge on any atom is -0.372 e. The topological polar surface area (TPSA) is 49.9 Å². The molecule has 0 radical (unpaired) electrons. The van der Waals surface area contributed by atoms with Crippen LogP contribution in [-0.2, 0) is 9.53 Å². The highest BCUT2D eigenvalue weighted by Gasteiger charge is 2.33. The summed E-state index contributed by atoms with van der Waals surface area (Å²) >= 11 is 1.54. The Balaban J connectivity index is 1.54. The van der Waals surface area contributed by atoms with E-state index in [1.54, 1.807) is 0 Å². The molecule has 5 nitrogen and oxygen atoms in total. The lowest BCUT2D eigenvalue weighted by Gasteiger charge is -2.39. The van der Waals surface area contributed by atoms with E-state index in [-0.39, 0.29) is 29.9 Å². The number of hydrogen-bond donors (Lipinski definition) is 0. The highest BCUT2D eigenvalue weighted by Crippen LogP contribution is 2.23. The van der Waals surface area contributed by atoms with E-state index in [9.17, 15) is 9.59 Å². The molecule has 2 aliphatic rings. The molecule has 1 aromatic rings. The van der Waals surface area contributed by atoms with E-state index in [1.165, 1.54) is 11.3 Å². The zero-order valence-electron chi connectivity index (χ0n) is 13.7. The van der Waals surface area contributed by atoms with Crippen LogP contribution in [0.15, 0.2) is 16.8 Å². The molecule has 2 saturated heterocycles. The zero-order chi connectivity index (χ0) is 16.4. The molecule has 0 bridgehead atoms. The van der Waals surface area contributed by atoms with Gasteiger partial charge in [0.1, 0.15) is 0 Å². The maximum Gasteiger partial charge on any atom is 0.254 e. The van der Waals surface area contributed by atoms with Crippen LogP contribution in [0.25, 0.3) is 0 Å². The van der Waals surface area contributed by atoms with Gasteiger partial charge in [-0.1, -0.05) is 0 Å². The maximum absolute atomic E-state index is 12.7. The maximum atomic E-state index is 12.7. The lowest BCUT2D eigenvalue weighted by atomic mass is 9.94. The average molecular weight is 336 g/mol. The molecule has 3 heterocycles. The second kappa shape index (κ2) is 7.01. The summed E-state index contributed by atoms with van der Waals surface area (Å²) in [6.45, 7) is 6.71. The molecule has 0 aromatic carbocycles. The summed E-state index contributed by atoms with van der Waals surface area (Å²) in [5.74, 6) is 0.361. The fourth-order valence-electron chi connectivity index (χ4n) is 3.51. The standard InChI is InChI=1S/C17H24N2O3S/c1-12-9-19(10-13(2)22-12)16(20)14-3-6-18(7-4-14)17(21)15-5-8-23-11-15/h5,8,11-14H,3-4,6-7,9-10H2,1-2H3/t12-,13-/m0/s1. The molecule has 2 amide bonds. The van der Waals surface area contributed by atoms with Crippen molar-refractivity contribution in [2.45, 2.75) is 38.9 Å². The summed E-state index contributed by atoms with van der Waals surface area (Å²) in [5.41, 5.74) is 0.760. The van der Waals surface area contributed by atoms with Gasteiger partial charge in [-0.3, -0.25) is 9.59 Å². The molecule has 3 rings (SSSR count). The molecule has 0 spiro atoms. The normalized spacial score (nSPS) is 26.3. The van der Waals surface area contributed by atoms with Crippen LogP contribution in [0.4, 0.5) is 0 Å². The summed E-state index contributed by atoms with van der Waals surface area (Å²) in [5, 5.41) is 3.81. The first kappa shape index (κ1) is 16.5. The van der Waals surface area contributed by atoms with Crippen molar-refractivity contribution in [3.8, 4) is 0 Å². The second-order valence-corrected chi connectivity index (χ2v) is 7.36. The fraction of sp³-hybridized carbons (Fsp3) is 0.647. The van der Waals surface area contributed by atoms with Crippen LogP contribution in [0.1, 0.15) is 37.0 Å². The third kappa shape index (κ3) is 3.75. The number of rotatable bonds is 2. The molecule has 6 heteroatoms. The van der Waals surface area contributed by atoms with Gasteiger partial charge in [0.05, 0.1) is 17.8 Å². The lowest BCUT2D eigenvalue weighted by Crippen LogP contribution is -2.51. The van der Waals surface area contributed by atoms with Gasteiger partial charge in [0.25, 0.3) is 5.91 Å². The van der Waals surface area contributed by atoms with Crippen LogP contribution in [0.2, 0.25) is 0 Å². The average Bonchev–Trinajstić information content (AvgIpc) is 3.07. The Hall–Kier alpha value is -1.40. The van der Waals surface area contributed by atoms with Crippen LogP contribution in [0.3, 0.4) is 0 Å². The molecule has 2 atom stereocenters. The molecule has 23 heavy (non-hydrogen) atoms. The summed E-state index contributed by atoms with van der Waals surface area (Å²) in [6, 6.07) is 1.86. The summed E-state index contributed by atoms with van der Waals surface area (Å²) in [4.78, 5) is 28.9. The molecule has 1 aromatic heterocycles. The van der Waals surface area contributed by atoms with Crippen LogP contribution >= 0.6 is 11.3 Å². The van der Waals surface area contributed by atoms with E-state index in [2.05, 4.69) is 0 Å². The van der Waals surface area contributed by atoms with Crippen molar-refractivity contribution in [3.05, 3.63) is 22.4 Å². The van der Waals surface area contributed by atoms with Gasteiger partial charge in [-0.15, -0.1) is 0 Å². The Morgan fingerprint density at radius 3 is 2.35 bits per heavy atom. The van der Waals surface area contributed by atoms with Crippen molar-refractivity contribution in [1.29, 1.82) is 0 Å². The van der Waals surface area contributed by atoms with E-state index in [1.807, 2.05) is 40.5 Å². The van der Waals surface area contributed by atoms with Crippen LogP contribution < -0.4 is 0 Å². The molecule has 2 aliphatic heterocycles. The number of amides is 2. The van der Waals surface area contributed by atoms with Crippen LogP contribution in [-0.4, -0.2) is 60.0 Å². The highest BCUT2D eigenvalue weighted by atomic mass is 32.1. The summed E-state index contributed by atoms with van der Waals surface area (Å²) in [7, 11) is 0. The van der Waals surface area contributed by atoms with E-state index in [0.29, 0.717) is 26.2 Å². The number of likely N-dealkylation sites (tertiary alicyclic amines) is 1.